The number of rotatable bonds is 7. The summed E-state index contributed by atoms with van der Waals surface area (Å²) in [6, 6.07) is -0.374. The third-order valence-electron chi connectivity index (χ3n) is 3.56. The van der Waals surface area contributed by atoms with E-state index in [4.69, 9.17) is 5.73 Å². The number of nitrogens with two attached hydrogens (primary N) is 1. The van der Waals surface area contributed by atoms with Crippen LogP contribution in [-0.2, 0) is 28.7 Å². The fourth-order valence-electron chi connectivity index (χ4n) is 2.33. The third-order valence-corrected chi connectivity index (χ3v) is 3.56. The number of likely N-dealkylation sites (N-methyl/N-ethyl adjacent to an activating group) is 1. The first kappa shape index (κ1) is 19.7. The molecule has 2 N–H and O–H groups in total. The van der Waals surface area contributed by atoms with Gasteiger partial charge in [-0.2, -0.15) is 0 Å². The second-order valence-electron chi connectivity index (χ2n) is 5.70. The van der Waals surface area contributed by atoms with Crippen LogP contribution in [0.2, 0.25) is 0 Å². The molecule has 1 rings (SSSR count). The molecule has 0 spiro atoms. The van der Waals surface area contributed by atoms with Crippen LogP contribution in [0, 0.1) is 0 Å². The monoisotopic (exact) mass is 342 g/mol. The highest BCUT2D eigenvalue weighted by atomic mass is 16.6. The van der Waals surface area contributed by atoms with E-state index in [0.29, 0.717) is 0 Å². The van der Waals surface area contributed by atoms with Crippen molar-refractivity contribution in [2.24, 2.45) is 5.73 Å². The molecule has 10 nitrogen and oxygen atoms in total. The topological polar surface area (TPSA) is 130 Å². The first-order valence-corrected chi connectivity index (χ1v) is 7.35. The number of hydrogen-bond donors (Lipinski definition) is 1. The van der Waals surface area contributed by atoms with Gasteiger partial charge in [0, 0.05) is 26.6 Å². The lowest BCUT2D eigenvalue weighted by atomic mass is 10.2. The van der Waals surface area contributed by atoms with Gasteiger partial charge in [-0.3, -0.25) is 38.7 Å². The summed E-state index contributed by atoms with van der Waals surface area (Å²) in [5, 5.41) is 0. The summed E-state index contributed by atoms with van der Waals surface area (Å²) in [6.45, 7) is 2.69. The molecule has 1 saturated heterocycles. The van der Waals surface area contributed by atoms with Gasteiger partial charge in [-0.05, 0) is 6.92 Å². The van der Waals surface area contributed by atoms with Crippen LogP contribution in [0.3, 0.4) is 0 Å². The summed E-state index contributed by atoms with van der Waals surface area (Å²) in [4.78, 5) is 61.2. The molecule has 0 aromatic carbocycles. The Morgan fingerprint density at radius 3 is 2.21 bits per heavy atom. The van der Waals surface area contributed by atoms with Crippen LogP contribution in [0.1, 0.15) is 13.8 Å². The van der Waals surface area contributed by atoms with Crippen molar-refractivity contribution in [1.29, 1.82) is 0 Å². The first-order chi connectivity index (χ1) is 11.1. The molecule has 1 aliphatic heterocycles. The number of carbonyl (C=O) groups excluding carboxylic acids is 5. The summed E-state index contributed by atoms with van der Waals surface area (Å²) in [5.74, 6) is -2.85. The van der Waals surface area contributed by atoms with Crippen molar-refractivity contribution in [3.05, 3.63) is 0 Å². The minimum atomic E-state index is -0.805. The third kappa shape index (κ3) is 6.05. The second-order valence-corrected chi connectivity index (χ2v) is 5.70. The normalized spacial score (nSPS) is 17.1. The van der Waals surface area contributed by atoms with E-state index in [1.54, 1.807) is 11.8 Å². The van der Waals surface area contributed by atoms with Crippen LogP contribution in [-0.4, -0.2) is 90.2 Å². The van der Waals surface area contributed by atoms with Crippen LogP contribution in [0.4, 0.5) is 0 Å². The number of primary amides is 1. The number of imide groups is 1. The highest BCUT2D eigenvalue weighted by Crippen LogP contribution is 2.07. The maximum atomic E-state index is 11.7. The molecule has 10 heteroatoms. The van der Waals surface area contributed by atoms with E-state index in [1.807, 2.05) is 0 Å². The van der Waals surface area contributed by atoms with E-state index in [9.17, 15) is 24.0 Å². The Morgan fingerprint density at radius 1 is 1.21 bits per heavy atom. The first-order valence-electron chi connectivity index (χ1n) is 7.35. The minimum Gasteiger partial charge on any atom is -0.392 e. The molecular weight excluding hydrogens is 320 g/mol. The zero-order valence-electron chi connectivity index (χ0n) is 14.0. The molecular formula is C14H22N4O6. The summed E-state index contributed by atoms with van der Waals surface area (Å²) in [7, 11) is 1.42. The van der Waals surface area contributed by atoms with Crippen molar-refractivity contribution in [1.82, 2.24) is 14.7 Å². The molecule has 24 heavy (non-hydrogen) atoms. The lowest BCUT2D eigenvalue weighted by molar-refractivity contribution is -0.160. The van der Waals surface area contributed by atoms with E-state index < -0.39 is 17.8 Å². The molecule has 1 fully saturated rings. The summed E-state index contributed by atoms with van der Waals surface area (Å²) in [6.07, 6.45) is 0. The Hall–Kier alpha value is -2.33. The fraction of sp³-hybridized carbons (Fsp3) is 0.643. The van der Waals surface area contributed by atoms with Crippen molar-refractivity contribution in [3.8, 4) is 0 Å². The van der Waals surface area contributed by atoms with Gasteiger partial charge in [-0.15, -0.1) is 0 Å². The Morgan fingerprint density at radius 2 is 1.75 bits per heavy atom. The molecule has 0 radical (unpaired) electrons. The van der Waals surface area contributed by atoms with Crippen molar-refractivity contribution < 1.29 is 28.7 Å². The van der Waals surface area contributed by atoms with E-state index in [0.717, 1.165) is 11.8 Å². The molecule has 0 aromatic heterocycles. The number of piperazine rings is 1. The van der Waals surface area contributed by atoms with Crippen LogP contribution in [0.15, 0.2) is 0 Å². The van der Waals surface area contributed by atoms with E-state index in [1.165, 1.54) is 11.9 Å². The number of esters is 2. The number of carbonyl (C=O) groups is 5. The van der Waals surface area contributed by atoms with Gasteiger partial charge in [0.15, 0.2) is 0 Å². The highest BCUT2D eigenvalue weighted by molar-refractivity contribution is 5.99. The van der Waals surface area contributed by atoms with Crippen molar-refractivity contribution >= 4 is 29.7 Å². The Labute approximate surface area is 139 Å². The van der Waals surface area contributed by atoms with Gasteiger partial charge in [0.05, 0.1) is 26.2 Å². The molecule has 134 valence electrons. The van der Waals surface area contributed by atoms with E-state index >= 15 is 0 Å². The molecule has 1 aliphatic rings. The predicted octanol–water partition coefficient (Wildman–Crippen LogP) is -2.45. The van der Waals surface area contributed by atoms with Crippen molar-refractivity contribution in [2.75, 3.05) is 39.8 Å². The van der Waals surface area contributed by atoms with Crippen LogP contribution >= 0.6 is 0 Å². The SMILES string of the molecule is CC(=O)OC(=O)CN(CC(N)=O)[C@@H](C)CN1CC(=O)N(C)C(=O)C1. The maximum absolute atomic E-state index is 11.7. The molecule has 0 aliphatic carbocycles. The number of ether oxygens (including phenoxy) is 1. The molecule has 0 aromatic rings. The largest absolute Gasteiger partial charge is 0.392 e. The molecule has 0 saturated carbocycles. The summed E-state index contributed by atoms with van der Waals surface area (Å²) >= 11 is 0. The van der Waals surface area contributed by atoms with Gasteiger partial charge in [-0.25, -0.2) is 0 Å². The van der Waals surface area contributed by atoms with Crippen LogP contribution < -0.4 is 5.73 Å². The van der Waals surface area contributed by atoms with Crippen molar-refractivity contribution in [3.63, 3.8) is 0 Å². The summed E-state index contributed by atoms with van der Waals surface area (Å²) in [5.41, 5.74) is 5.18. The molecule has 0 unspecified atom stereocenters. The Balaban J connectivity index is 2.70. The highest BCUT2D eigenvalue weighted by Gasteiger charge is 2.30. The average Bonchev–Trinajstić information content (AvgIpc) is 2.42. The molecule has 1 atom stereocenters. The number of hydrogen-bond acceptors (Lipinski definition) is 8. The molecule has 0 bridgehead atoms. The second kappa shape index (κ2) is 8.50. The van der Waals surface area contributed by atoms with E-state index in [2.05, 4.69) is 4.74 Å². The Kier molecular flexibility index (Phi) is 6.98. The average molecular weight is 342 g/mol. The van der Waals surface area contributed by atoms with Gasteiger partial charge in [0.2, 0.25) is 17.7 Å². The predicted molar refractivity (Wildman–Crippen MR) is 81.2 cm³/mol. The van der Waals surface area contributed by atoms with Crippen LogP contribution in [0.25, 0.3) is 0 Å². The minimum absolute atomic E-state index is 0.0644. The van der Waals surface area contributed by atoms with Gasteiger partial charge in [-0.1, -0.05) is 0 Å². The zero-order chi connectivity index (χ0) is 18.4. The van der Waals surface area contributed by atoms with Gasteiger partial charge in [0.1, 0.15) is 0 Å². The number of amides is 3. The fourth-order valence-corrected chi connectivity index (χ4v) is 2.33. The maximum Gasteiger partial charge on any atom is 0.327 e. The Bertz CT molecular complexity index is 531. The van der Waals surface area contributed by atoms with Gasteiger partial charge < -0.3 is 10.5 Å². The van der Waals surface area contributed by atoms with Crippen molar-refractivity contribution in [2.45, 2.75) is 19.9 Å². The standard InChI is InChI=1S/C14H22N4O6/c1-9(4-17-6-12(21)16(3)13(22)7-17)18(5-11(15)20)8-14(23)24-10(2)19/h9H,4-8H2,1-3H3,(H2,15,20)/t9-/m0/s1. The molecule has 1 heterocycles. The van der Waals surface area contributed by atoms with Crippen LogP contribution in [0.5, 0.6) is 0 Å². The van der Waals surface area contributed by atoms with E-state index in [-0.39, 0.29) is 50.6 Å². The lowest BCUT2D eigenvalue weighted by Gasteiger charge is -2.35. The lowest BCUT2D eigenvalue weighted by Crippen LogP contribution is -2.56. The number of nitrogens with zero attached hydrogens (tertiary/aromatic N) is 3. The smallest absolute Gasteiger partial charge is 0.327 e. The zero-order valence-corrected chi connectivity index (χ0v) is 14.0. The van der Waals surface area contributed by atoms with Gasteiger partial charge in [0.25, 0.3) is 0 Å². The molecule has 3 amide bonds. The van der Waals surface area contributed by atoms with Gasteiger partial charge >= 0.3 is 11.9 Å². The quantitative estimate of drug-likeness (QED) is 0.307. The summed E-state index contributed by atoms with van der Waals surface area (Å²) < 4.78 is 4.45.